The highest BCUT2D eigenvalue weighted by Crippen LogP contribution is 2.46. The highest BCUT2D eigenvalue weighted by atomic mass is 16.6. The first kappa shape index (κ1) is 20.0. The minimum absolute atomic E-state index is 0.0192. The maximum absolute atomic E-state index is 13.0. The zero-order valence-corrected chi connectivity index (χ0v) is 16.3. The molecule has 9 heteroatoms. The summed E-state index contributed by atoms with van der Waals surface area (Å²) in [4.78, 5) is 34.7. The molecule has 0 saturated heterocycles. The molecular weight excluding hydrogens is 380 g/mol. The van der Waals surface area contributed by atoms with E-state index in [0.717, 1.165) is 0 Å². The Labute approximate surface area is 165 Å². The van der Waals surface area contributed by atoms with Crippen molar-refractivity contribution in [1.82, 2.24) is 0 Å². The van der Waals surface area contributed by atoms with Crippen molar-refractivity contribution in [2.75, 3.05) is 14.2 Å². The Bertz CT molecular complexity index is 1080. The Hall–Kier alpha value is -3.75. The fourth-order valence-corrected chi connectivity index (χ4v) is 3.72. The van der Waals surface area contributed by atoms with Crippen LogP contribution in [0.25, 0.3) is 6.08 Å². The van der Waals surface area contributed by atoms with Crippen LogP contribution >= 0.6 is 0 Å². The second kappa shape index (κ2) is 7.34. The minimum Gasteiger partial charge on any atom is -0.493 e. The van der Waals surface area contributed by atoms with Crippen molar-refractivity contribution in [1.29, 1.82) is 0 Å². The average Bonchev–Trinajstić information content (AvgIpc) is 2.94. The number of Topliss-reactive ketones (excluding diaryl/α,β-unsaturated/α-hetero) is 1. The monoisotopic (exact) mass is 398 g/mol. The summed E-state index contributed by atoms with van der Waals surface area (Å²) < 4.78 is 10.3. The zero-order valence-electron chi connectivity index (χ0n) is 16.3. The van der Waals surface area contributed by atoms with Gasteiger partial charge in [0.25, 0.3) is 5.69 Å². The lowest BCUT2D eigenvalue weighted by Crippen LogP contribution is -2.05. The van der Waals surface area contributed by atoms with Crippen molar-refractivity contribution in [2.24, 2.45) is 0 Å². The lowest BCUT2D eigenvalue weighted by atomic mass is 10.0. The number of fused-ring (bicyclic) bond motifs is 1. The predicted molar refractivity (Wildman–Crippen MR) is 105 cm³/mol. The van der Waals surface area contributed by atoms with Crippen LogP contribution in [-0.2, 0) is 6.42 Å². The van der Waals surface area contributed by atoms with Gasteiger partial charge in [-0.15, -0.1) is 0 Å². The number of nitro groups is 2. The number of methoxy groups -OCH3 is 2. The summed E-state index contributed by atoms with van der Waals surface area (Å²) in [5.41, 5.74) is 1.97. The second-order valence-electron chi connectivity index (χ2n) is 6.69. The summed E-state index contributed by atoms with van der Waals surface area (Å²) in [5.74, 6) is -0.400. The van der Waals surface area contributed by atoms with Crippen LogP contribution in [0.15, 0.2) is 23.8 Å². The van der Waals surface area contributed by atoms with Crippen molar-refractivity contribution in [3.8, 4) is 11.5 Å². The molecule has 1 aliphatic carbocycles. The quantitative estimate of drug-likeness (QED) is 0.424. The van der Waals surface area contributed by atoms with E-state index in [1.165, 1.54) is 14.2 Å². The summed E-state index contributed by atoms with van der Waals surface area (Å²) in [6.07, 6.45) is 1.79. The summed E-state index contributed by atoms with van der Waals surface area (Å²) >= 11 is 0. The maximum Gasteiger partial charge on any atom is 0.326 e. The van der Waals surface area contributed by atoms with Gasteiger partial charge in [0, 0.05) is 23.1 Å². The Balaban J connectivity index is 2.13. The molecule has 0 fully saturated rings. The van der Waals surface area contributed by atoms with Crippen molar-refractivity contribution < 1.29 is 24.1 Å². The molecule has 0 bridgehead atoms. The fraction of sp³-hybridized carbons (Fsp3) is 0.250. The van der Waals surface area contributed by atoms with Crippen molar-refractivity contribution in [3.05, 3.63) is 71.8 Å². The lowest BCUT2D eigenvalue weighted by molar-refractivity contribution is -0.386. The van der Waals surface area contributed by atoms with Gasteiger partial charge in [-0.05, 0) is 49.2 Å². The molecule has 0 heterocycles. The first-order valence-corrected chi connectivity index (χ1v) is 8.62. The van der Waals surface area contributed by atoms with Crippen LogP contribution < -0.4 is 9.47 Å². The number of nitrogens with zero attached hydrogens (tertiary/aromatic N) is 2. The predicted octanol–water partition coefficient (Wildman–Crippen LogP) is 3.96. The molecule has 29 heavy (non-hydrogen) atoms. The first-order chi connectivity index (χ1) is 13.7. The standard InChI is InChI=1S/C20H18N2O7/c1-10-5-12(6-11(2)17(10)21(24)25)7-14-8-13-9-15(28-3)20(29-4)18(22(26)27)16(13)19(14)23/h5-7,9H,8H2,1-4H3/b14-7+. The van der Waals surface area contributed by atoms with Gasteiger partial charge in [-0.25, -0.2) is 0 Å². The topological polar surface area (TPSA) is 122 Å². The van der Waals surface area contributed by atoms with Crippen molar-refractivity contribution in [2.45, 2.75) is 20.3 Å². The van der Waals surface area contributed by atoms with Crippen molar-refractivity contribution >= 4 is 23.2 Å². The van der Waals surface area contributed by atoms with E-state index in [2.05, 4.69) is 0 Å². The molecule has 2 aromatic carbocycles. The number of allylic oxidation sites excluding steroid dienone is 1. The van der Waals surface area contributed by atoms with Gasteiger partial charge < -0.3 is 9.47 Å². The SMILES string of the molecule is COc1cc2c(c([N+](=O)[O-])c1OC)C(=O)/C(=C/c1cc(C)c([N+](=O)[O-])c(C)c1)C2. The molecule has 3 rings (SSSR count). The van der Waals surface area contributed by atoms with E-state index in [1.807, 2.05) is 0 Å². The largest absolute Gasteiger partial charge is 0.493 e. The highest BCUT2D eigenvalue weighted by molar-refractivity contribution is 6.18. The molecule has 0 unspecified atom stereocenters. The molecule has 9 nitrogen and oxygen atoms in total. The van der Waals surface area contributed by atoms with Gasteiger partial charge in [0.15, 0.2) is 11.5 Å². The van der Waals surface area contributed by atoms with E-state index in [9.17, 15) is 25.0 Å². The third-order valence-corrected chi connectivity index (χ3v) is 4.85. The van der Waals surface area contributed by atoms with Crippen LogP contribution in [0.1, 0.15) is 32.6 Å². The van der Waals surface area contributed by atoms with Gasteiger partial charge in [0.2, 0.25) is 5.75 Å². The normalized spacial score (nSPS) is 14.1. The summed E-state index contributed by atoms with van der Waals surface area (Å²) in [5, 5.41) is 22.8. The first-order valence-electron chi connectivity index (χ1n) is 8.62. The highest BCUT2D eigenvalue weighted by Gasteiger charge is 2.38. The third-order valence-electron chi connectivity index (χ3n) is 4.85. The Morgan fingerprint density at radius 3 is 2.03 bits per heavy atom. The van der Waals surface area contributed by atoms with Gasteiger partial charge in [0.05, 0.1) is 24.1 Å². The maximum atomic E-state index is 13.0. The van der Waals surface area contributed by atoms with Crippen LogP contribution in [0.5, 0.6) is 11.5 Å². The van der Waals surface area contributed by atoms with Crippen molar-refractivity contribution in [3.63, 3.8) is 0 Å². The number of carbonyl (C=O) groups excluding carboxylic acids is 1. The lowest BCUT2D eigenvalue weighted by Gasteiger charge is -2.10. The van der Waals surface area contributed by atoms with Crippen LogP contribution in [0.2, 0.25) is 0 Å². The van der Waals surface area contributed by atoms with Crippen LogP contribution in [0.3, 0.4) is 0 Å². The van der Waals surface area contributed by atoms with E-state index in [0.29, 0.717) is 27.8 Å². The number of carbonyl (C=O) groups is 1. The molecule has 0 aromatic heterocycles. The van der Waals surface area contributed by atoms with E-state index >= 15 is 0 Å². The number of rotatable bonds is 5. The molecule has 0 spiro atoms. The zero-order chi connectivity index (χ0) is 21.5. The van der Waals surface area contributed by atoms with Crippen LogP contribution in [0.4, 0.5) is 11.4 Å². The van der Waals surface area contributed by atoms with E-state index in [1.54, 1.807) is 38.1 Å². The summed E-state index contributed by atoms with van der Waals surface area (Å²) in [6, 6.07) is 4.79. The average molecular weight is 398 g/mol. The molecule has 0 saturated carbocycles. The minimum atomic E-state index is -0.652. The number of nitro benzene ring substituents is 2. The van der Waals surface area contributed by atoms with Gasteiger partial charge in [0.1, 0.15) is 5.56 Å². The number of ketones is 1. The number of hydrogen-bond acceptors (Lipinski definition) is 7. The molecule has 0 aliphatic heterocycles. The molecule has 0 amide bonds. The Kier molecular flexibility index (Phi) is 5.06. The number of benzene rings is 2. The Morgan fingerprint density at radius 2 is 1.55 bits per heavy atom. The molecular formula is C20H18N2O7. The number of aryl methyl sites for hydroxylation is 2. The summed E-state index contributed by atoms with van der Waals surface area (Å²) in [7, 11) is 2.64. The van der Waals surface area contributed by atoms with E-state index in [-0.39, 0.29) is 29.2 Å². The Morgan fingerprint density at radius 1 is 0.966 bits per heavy atom. The third kappa shape index (κ3) is 3.31. The number of ether oxygens (including phenoxy) is 2. The molecule has 0 radical (unpaired) electrons. The molecule has 150 valence electrons. The molecule has 2 aromatic rings. The van der Waals surface area contributed by atoms with Gasteiger partial charge >= 0.3 is 5.69 Å². The fourth-order valence-electron chi connectivity index (χ4n) is 3.72. The van der Waals surface area contributed by atoms with E-state index in [4.69, 9.17) is 9.47 Å². The molecule has 0 N–H and O–H groups in total. The molecule has 0 atom stereocenters. The molecule has 1 aliphatic rings. The smallest absolute Gasteiger partial charge is 0.326 e. The number of hydrogen-bond donors (Lipinski definition) is 0. The van der Waals surface area contributed by atoms with Gasteiger partial charge in [-0.2, -0.15) is 0 Å². The van der Waals surface area contributed by atoms with Crippen LogP contribution in [0, 0.1) is 34.1 Å². The summed E-state index contributed by atoms with van der Waals surface area (Å²) in [6.45, 7) is 3.25. The van der Waals surface area contributed by atoms with Gasteiger partial charge in [-0.1, -0.05) is 0 Å². The van der Waals surface area contributed by atoms with E-state index < -0.39 is 21.3 Å². The second-order valence-corrected chi connectivity index (χ2v) is 6.69. The van der Waals surface area contributed by atoms with Crippen LogP contribution in [-0.4, -0.2) is 29.8 Å². The van der Waals surface area contributed by atoms with Gasteiger partial charge in [-0.3, -0.25) is 25.0 Å².